The molecule has 0 aliphatic heterocycles. The number of hydrogen-bond donors (Lipinski definition) is 2. The van der Waals surface area contributed by atoms with Crippen LogP contribution in [0.5, 0.6) is 5.75 Å². The van der Waals surface area contributed by atoms with Crippen molar-refractivity contribution in [2.45, 2.75) is 32.2 Å². The van der Waals surface area contributed by atoms with Gasteiger partial charge in [-0.05, 0) is 11.5 Å². The highest BCUT2D eigenvalue weighted by Crippen LogP contribution is 2.36. The van der Waals surface area contributed by atoms with Crippen LogP contribution in [0.4, 0.5) is 0 Å². The summed E-state index contributed by atoms with van der Waals surface area (Å²) >= 11 is 1.33. The van der Waals surface area contributed by atoms with Crippen molar-refractivity contribution in [3.05, 3.63) is 22.5 Å². The highest BCUT2D eigenvalue weighted by atomic mass is 32.1. The first-order valence-electron chi connectivity index (χ1n) is 6.25. The van der Waals surface area contributed by atoms with Gasteiger partial charge in [-0.15, -0.1) is 5.10 Å². The molecule has 8 heteroatoms. The second kappa shape index (κ2) is 5.47. The highest BCUT2D eigenvalue weighted by molar-refractivity contribution is 7.05. The minimum Gasteiger partial charge on any atom is -0.493 e. The van der Waals surface area contributed by atoms with Gasteiger partial charge >= 0.3 is 0 Å². The second-order valence-corrected chi connectivity index (χ2v) is 6.34. The van der Waals surface area contributed by atoms with E-state index in [0.29, 0.717) is 5.75 Å². The molecule has 20 heavy (non-hydrogen) atoms. The lowest BCUT2D eigenvalue weighted by Gasteiger charge is -2.22. The minimum atomic E-state index is -0.258. The zero-order valence-corrected chi connectivity index (χ0v) is 13.2. The average molecular weight is 296 g/mol. The molecule has 0 aromatic carbocycles. The van der Waals surface area contributed by atoms with Crippen LogP contribution >= 0.6 is 11.5 Å². The van der Waals surface area contributed by atoms with Crippen LogP contribution in [0.1, 0.15) is 43.1 Å². The van der Waals surface area contributed by atoms with Gasteiger partial charge in [0.05, 0.1) is 23.9 Å². The summed E-state index contributed by atoms with van der Waals surface area (Å²) in [5.41, 5.74) is 4.49. The summed E-state index contributed by atoms with van der Waals surface area (Å²) in [5.74, 6) is 6.45. The molecule has 7 nitrogen and oxygen atoms in total. The summed E-state index contributed by atoms with van der Waals surface area (Å²) in [4.78, 5) is 0.974. The Bertz CT molecular complexity index is 585. The third kappa shape index (κ3) is 2.54. The van der Waals surface area contributed by atoms with Gasteiger partial charge in [-0.3, -0.25) is 10.5 Å². The van der Waals surface area contributed by atoms with Crippen molar-refractivity contribution in [2.24, 2.45) is 12.9 Å². The number of aryl methyl sites for hydroxylation is 1. The van der Waals surface area contributed by atoms with Gasteiger partial charge in [0.2, 0.25) is 0 Å². The normalized spacial score (nSPS) is 13.5. The molecule has 0 bridgehead atoms. The maximum absolute atomic E-state index is 5.76. The Labute approximate surface area is 122 Å². The molecule has 0 amide bonds. The molecule has 1 atom stereocenters. The van der Waals surface area contributed by atoms with E-state index in [1.54, 1.807) is 18.0 Å². The van der Waals surface area contributed by atoms with Crippen LogP contribution in [0, 0.1) is 0 Å². The maximum Gasteiger partial charge on any atom is 0.162 e. The van der Waals surface area contributed by atoms with E-state index in [-0.39, 0.29) is 11.5 Å². The molecule has 0 spiro atoms. The zero-order chi connectivity index (χ0) is 14.9. The molecule has 2 aromatic rings. The van der Waals surface area contributed by atoms with Crippen LogP contribution in [-0.4, -0.2) is 26.5 Å². The van der Waals surface area contributed by atoms with Gasteiger partial charge in [-0.1, -0.05) is 25.3 Å². The third-order valence-corrected chi connectivity index (χ3v) is 3.88. The Kier molecular flexibility index (Phi) is 4.07. The quantitative estimate of drug-likeness (QED) is 0.649. The second-order valence-electron chi connectivity index (χ2n) is 5.56. The van der Waals surface area contributed by atoms with Crippen LogP contribution < -0.4 is 16.0 Å². The number of nitrogens with zero attached hydrogens (tertiary/aromatic N) is 4. The molecule has 110 valence electrons. The Hall–Kier alpha value is -1.51. The average Bonchev–Trinajstić information content (AvgIpc) is 2.98. The summed E-state index contributed by atoms with van der Waals surface area (Å²) in [6.07, 6.45) is 1.67. The molecule has 0 aliphatic carbocycles. The van der Waals surface area contributed by atoms with Gasteiger partial charge in [0.25, 0.3) is 0 Å². The van der Waals surface area contributed by atoms with Gasteiger partial charge in [0, 0.05) is 12.5 Å². The fourth-order valence-corrected chi connectivity index (χ4v) is 3.03. The topological polar surface area (TPSA) is 90.9 Å². The highest BCUT2D eigenvalue weighted by Gasteiger charge is 2.31. The first kappa shape index (κ1) is 14.9. The number of ether oxygens (including phenoxy) is 1. The number of rotatable bonds is 4. The van der Waals surface area contributed by atoms with Crippen molar-refractivity contribution in [2.75, 3.05) is 7.11 Å². The van der Waals surface area contributed by atoms with E-state index in [4.69, 9.17) is 10.6 Å². The number of nitrogens with two attached hydrogens (primary N) is 1. The van der Waals surface area contributed by atoms with Gasteiger partial charge in [0.15, 0.2) is 5.75 Å². The van der Waals surface area contributed by atoms with Crippen LogP contribution in [0.15, 0.2) is 6.20 Å². The largest absolute Gasteiger partial charge is 0.493 e. The predicted octanol–water partition coefficient (Wildman–Crippen LogP) is 1.13. The van der Waals surface area contributed by atoms with E-state index in [1.807, 2.05) is 7.05 Å². The number of nitrogens with one attached hydrogen (secondary N) is 1. The van der Waals surface area contributed by atoms with Crippen molar-refractivity contribution in [3.8, 4) is 5.75 Å². The van der Waals surface area contributed by atoms with Crippen LogP contribution in [0.25, 0.3) is 0 Å². The molecule has 0 radical (unpaired) electrons. The molecule has 2 heterocycles. The van der Waals surface area contributed by atoms with Crippen LogP contribution in [0.3, 0.4) is 0 Å². The van der Waals surface area contributed by atoms with Crippen LogP contribution in [0.2, 0.25) is 0 Å². The van der Waals surface area contributed by atoms with Crippen molar-refractivity contribution in [1.29, 1.82) is 0 Å². The Balaban J connectivity index is 2.54. The van der Waals surface area contributed by atoms with Crippen molar-refractivity contribution in [1.82, 2.24) is 24.8 Å². The number of methoxy groups -OCH3 is 1. The lowest BCUT2D eigenvalue weighted by atomic mass is 9.89. The Morgan fingerprint density at radius 3 is 2.70 bits per heavy atom. The monoisotopic (exact) mass is 296 g/mol. The maximum atomic E-state index is 5.76. The van der Waals surface area contributed by atoms with E-state index >= 15 is 0 Å². The lowest BCUT2D eigenvalue weighted by Crippen LogP contribution is -2.32. The SMILES string of the molecule is COc1cnn(C)c1C(NN)c1snnc1C(C)(C)C. The minimum absolute atomic E-state index is 0.108. The first-order valence-corrected chi connectivity index (χ1v) is 7.02. The smallest absolute Gasteiger partial charge is 0.162 e. The van der Waals surface area contributed by atoms with Crippen molar-refractivity contribution in [3.63, 3.8) is 0 Å². The molecule has 2 rings (SSSR count). The molecule has 0 saturated heterocycles. The summed E-state index contributed by atoms with van der Waals surface area (Å²) in [6, 6.07) is -0.258. The molecular weight excluding hydrogens is 276 g/mol. The molecular formula is C12H20N6OS. The lowest BCUT2D eigenvalue weighted by molar-refractivity contribution is 0.401. The summed E-state index contributed by atoms with van der Waals surface area (Å²) in [6.45, 7) is 6.30. The fourth-order valence-electron chi connectivity index (χ4n) is 2.10. The van der Waals surface area contributed by atoms with Gasteiger partial charge in [-0.25, -0.2) is 5.43 Å². The number of hydrogen-bond acceptors (Lipinski definition) is 7. The predicted molar refractivity (Wildman–Crippen MR) is 77.5 cm³/mol. The standard InChI is InChI=1S/C12H20N6OS/c1-12(2,3)11-10(20-17-16-11)8(15-13)9-7(19-5)6-14-18(9)4/h6,8,15H,13H2,1-5H3. The number of aromatic nitrogens is 4. The third-order valence-electron chi connectivity index (χ3n) is 3.10. The molecule has 0 aliphatic rings. The Morgan fingerprint density at radius 2 is 2.15 bits per heavy atom. The molecule has 2 aromatic heterocycles. The number of hydrazine groups is 1. The summed E-state index contributed by atoms with van der Waals surface area (Å²) in [5, 5.41) is 8.47. The molecule has 3 N–H and O–H groups in total. The van der Waals surface area contributed by atoms with Crippen molar-refractivity contribution >= 4 is 11.5 Å². The van der Waals surface area contributed by atoms with E-state index in [2.05, 4.69) is 40.9 Å². The Morgan fingerprint density at radius 1 is 1.45 bits per heavy atom. The van der Waals surface area contributed by atoms with E-state index < -0.39 is 0 Å². The van der Waals surface area contributed by atoms with Gasteiger partial charge in [0.1, 0.15) is 11.7 Å². The van der Waals surface area contributed by atoms with E-state index in [9.17, 15) is 0 Å². The summed E-state index contributed by atoms with van der Waals surface area (Å²) in [7, 11) is 3.47. The zero-order valence-electron chi connectivity index (χ0n) is 12.3. The molecule has 0 fully saturated rings. The van der Waals surface area contributed by atoms with Crippen LogP contribution in [-0.2, 0) is 12.5 Å². The van der Waals surface area contributed by atoms with E-state index in [0.717, 1.165) is 16.3 Å². The van der Waals surface area contributed by atoms with Gasteiger partial charge in [-0.2, -0.15) is 5.10 Å². The first-order chi connectivity index (χ1) is 9.40. The molecule has 1 unspecified atom stereocenters. The molecule has 0 saturated carbocycles. The fraction of sp³-hybridized carbons (Fsp3) is 0.583. The van der Waals surface area contributed by atoms with Gasteiger partial charge < -0.3 is 4.74 Å². The summed E-state index contributed by atoms with van der Waals surface area (Å²) < 4.78 is 11.2. The van der Waals surface area contributed by atoms with E-state index in [1.165, 1.54) is 11.5 Å². The van der Waals surface area contributed by atoms with Crippen molar-refractivity contribution < 1.29 is 4.74 Å².